The minimum atomic E-state index is -1.02. The summed E-state index contributed by atoms with van der Waals surface area (Å²) < 4.78 is 14.5. The van der Waals surface area contributed by atoms with Crippen molar-refractivity contribution in [2.45, 2.75) is 30.2 Å². The number of aromatic carboxylic acids is 1. The van der Waals surface area contributed by atoms with Gasteiger partial charge in [0.05, 0.1) is 12.2 Å². The van der Waals surface area contributed by atoms with Gasteiger partial charge in [0.1, 0.15) is 5.82 Å². The van der Waals surface area contributed by atoms with E-state index in [1.807, 2.05) is 0 Å². The molecule has 0 saturated heterocycles. The molecule has 0 unspecified atom stereocenters. The largest absolute Gasteiger partial charge is 0.476 e. The Morgan fingerprint density at radius 2 is 2.10 bits per heavy atom. The van der Waals surface area contributed by atoms with Crippen LogP contribution in [0.15, 0.2) is 29.2 Å². The van der Waals surface area contributed by atoms with E-state index in [1.165, 1.54) is 12.1 Å². The Labute approximate surface area is 125 Å². The molecule has 0 atom stereocenters. The minimum Gasteiger partial charge on any atom is -0.476 e. The zero-order chi connectivity index (χ0) is 14.8. The van der Waals surface area contributed by atoms with Crippen LogP contribution >= 0.6 is 11.8 Å². The molecule has 1 aromatic heterocycles. The van der Waals surface area contributed by atoms with Crippen molar-refractivity contribution in [3.05, 3.63) is 41.5 Å². The minimum absolute atomic E-state index is 0.0734. The van der Waals surface area contributed by atoms with Crippen molar-refractivity contribution >= 4 is 17.7 Å². The summed E-state index contributed by atoms with van der Waals surface area (Å²) >= 11 is 1.58. The highest BCUT2D eigenvalue weighted by molar-refractivity contribution is 7.99. The van der Waals surface area contributed by atoms with E-state index < -0.39 is 5.97 Å². The number of rotatable bonds is 6. The highest BCUT2D eigenvalue weighted by Crippen LogP contribution is 2.41. The molecule has 0 aliphatic heterocycles. The Bertz CT molecular complexity index is 653. The smallest absolute Gasteiger partial charge is 0.358 e. The highest BCUT2D eigenvalue weighted by atomic mass is 32.2. The fraction of sp³-hybridized carbons (Fsp3) is 0.357. The standard InChI is InChI=1S/C14H14FN3O2S/c15-10-3-5-11(6-4-10)21-8-7-18-13(9-1-2-9)12(14(19)20)16-17-18/h3-6,9H,1-2,7-8H2,(H,19,20). The van der Waals surface area contributed by atoms with E-state index in [9.17, 15) is 9.18 Å². The number of aryl methyl sites for hydroxylation is 1. The van der Waals surface area contributed by atoms with Gasteiger partial charge in [0, 0.05) is 16.6 Å². The first kappa shape index (κ1) is 14.1. The Morgan fingerprint density at radius 3 is 2.71 bits per heavy atom. The molecule has 1 aliphatic carbocycles. The number of aromatic nitrogens is 3. The van der Waals surface area contributed by atoms with Crippen molar-refractivity contribution in [1.82, 2.24) is 15.0 Å². The van der Waals surface area contributed by atoms with Crippen LogP contribution in [0.2, 0.25) is 0 Å². The maximum atomic E-state index is 12.8. The second-order valence-corrected chi connectivity index (χ2v) is 6.10. The summed E-state index contributed by atoms with van der Waals surface area (Å²) in [5.74, 6) is -0.262. The molecule has 110 valence electrons. The molecule has 7 heteroatoms. The number of nitrogens with zero attached hydrogens (tertiary/aromatic N) is 3. The Hall–Kier alpha value is -1.89. The van der Waals surface area contributed by atoms with Gasteiger partial charge in [-0.3, -0.25) is 0 Å². The predicted molar refractivity (Wildman–Crippen MR) is 76.1 cm³/mol. The molecule has 1 heterocycles. The number of halogens is 1. The van der Waals surface area contributed by atoms with E-state index in [-0.39, 0.29) is 17.4 Å². The molecule has 5 nitrogen and oxygen atoms in total. The van der Waals surface area contributed by atoms with E-state index in [0.717, 1.165) is 29.2 Å². The normalized spacial score (nSPS) is 14.3. The lowest BCUT2D eigenvalue weighted by Crippen LogP contribution is -2.09. The second kappa shape index (κ2) is 5.85. The van der Waals surface area contributed by atoms with Crippen LogP contribution < -0.4 is 0 Å². The van der Waals surface area contributed by atoms with Crippen LogP contribution in [0, 0.1) is 5.82 Å². The zero-order valence-electron chi connectivity index (χ0n) is 11.2. The van der Waals surface area contributed by atoms with Crippen molar-refractivity contribution in [2.75, 3.05) is 5.75 Å². The first-order valence-electron chi connectivity index (χ1n) is 6.70. The van der Waals surface area contributed by atoms with Crippen molar-refractivity contribution < 1.29 is 14.3 Å². The maximum absolute atomic E-state index is 12.8. The summed E-state index contributed by atoms with van der Waals surface area (Å²) in [5, 5.41) is 16.9. The summed E-state index contributed by atoms with van der Waals surface area (Å²) in [4.78, 5) is 12.1. The quantitative estimate of drug-likeness (QED) is 0.831. The lowest BCUT2D eigenvalue weighted by Gasteiger charge is -2.06. The van der Waals surface area contributed by atoms with Crippen molar-refractivity contribution in [3.8, 4) is 0 Å². The van der Waals surface area contributed by atoms with E-state index >= 15 is 0 Å². The average molecular weight is 307 g/mol. The van der Waals surface area contributed by atoms with E-state index in [1.54, 1.807) is 28.6 Å². The van der Waals surface area contributed by atoms with Gasteiger partial charge < -0.3 is 5.11 Å². The predicted octanol–water partition coefficient (Wildman–Crippen LogP) is 2.79. The number of hydrogen-bond donors (Lipinski definition) is 1. The number of thioether (sulfide) groups is 1. The molecular formula is C14H14FN3O2S. The first-order valence-corrected chi connectivity index (χ1v) is 7.69. The molecule has 1 N–H and O–H groups in total. The van der Waals surface area contributed by atoms with Crippen molar-refractivity contribution in [3.63, 3.8) is 0 Å². The Morgan fingerprint density at radius 1 is 1.38 bits per heavy atom. The topological polar surface area (TPSA) is 68.0 Å². The highest BCUT2D eigenvalue weighted by Gasteiger charge is 2.33. The third-order valence-corrected chi connectivity index (χ3v) is 4.32. The second-order valence-electron chi connectivity index (χ2n) is 4.93. The number of carbonyl (C=O) groups is 1. The number of benzene rings is 1. The summed E-state index contributed by atoms with van der Waals surface area (Å²) in [5.41, 5.74) is 0.812. The molecule has 1 aromatic carbocycles. The molecule has 0 spiro atoms. The Kier molecular flexibility index (Phi) is 3.92. The summed E-state index contributed by atoms with van der Waals surface area (Å²) in [7, 11) is 0. The SMILES string of the molecule is O=C(O)c1nnn(CCSc2ccc(F)cc2)c1C1CC1. The van der Waals surface area contributed by atoms with Crippen LogP contribution in [0.4, 0.5) is 4.39 Å². The van der Waals surface area contributed by atoms with Crippen LogP contribution in [0.25, 0.3) is 0 Å². The first-order chi connectivity index (χ1) is 10.1. The molecule has 1 saturated carbocycles. The summed E-state index contributed by atoms with van der Waals surface area (Å²) in [6.07, 6.45) is 2.00. The monoisotopic (exact) mass is 307 g/mol. The third-order valence-electron chi connectivity index (χ3n) is 3.33. The van der Waals surface area contributed by atoms with Crippen LogP contribution in [0.3, 0.4) is 0 Å². The van der Waals surface area contributed by atoms with Gasteiger partial charge in [-0.2, -0.15) is 0 Å². The van der Waals surface area contributed by atoms with Gasteiger partial charge in [-0.1, -0.05) is 5.21 Å². The number of carboxylic acid groups (broad SMARTS) is 1. The maximum Gasteiger partial charge on any atom is 0.358 e. The van der Waals surface area contributed by atoms with E-state index in [0.29, 0.717) is 6.54 Å². The Balaban J connectivity index is 1.65. The number of hydrogen-bond acceptors (Lipinski definition) is 4. The summed E-state index contributed by atoms with van der Waals surface area (Å²) in [6.45, 7) is 0.591. The van der Waals surface area contributed by atoms with Crippen LogP contribution in [-0.4, -0.2) is 31.8 Å². The fourth-order valence-electron chi connectivity index (χ4n) is 2.18. The lowest BCUT2D eigenvalue weighted by molar-refractivity contribution is 0.0689. The van der Waals surface area contributed by atoms with Gasteiger partial charge in [0.2, 0.25) is 0 Å². The van der Waals surface area contributed by atoms with Gasteiger partial charge >= 0.3 is 5.97 Å². The average Bonchev–Trinajstić information content (AvgIpc) is 3.21. The van der Waals surface area contributed by atoms with E-state index in [2.05, 4.69) is 10.3 Å². The fourth-order valence-corrected chi connectivity index (χ4v) is 3.01. The van der Waals surface area contributed by atoms with Crippen LogP contribution in [0.5, 0.6) is 0 Å². The van der Waals surface area contributed by atoms with E-state index in [4.69, 9.17) is 5.11 Å². The van der Waals surface area contributed by atoms with Crippen LogP contribution in [0.1, 0.15) is 34.9 Å². The van der Waals surface area contributed by atoms with Crippen LogP contribution in [-0.2, 0) is 6.54 Å². The molecule has 1 fully saturated rings. The molecule has 1 aliphatic rings. The molecule has 3 rings (SSSR count). The van der Waals surface area contributed by atoms with Crippen molar-refractivity contribution in [1.29, 1.82) is 0 Å². The molecule has 0 amide bonds. The van der Waals surface area contributed by atoms with Gasteiger partial charge in [0.25, 0.3) is 0 Å². The van der Waals surface area contributed by atoms with Gasteiger partial charge in [0.15, 0.2) is 5.69 Å². The molecule has 21 heavy (non-hydrogen) atoms. The lowest BCUT2D eigenvalue weighted by atomic mass is 10.2. The van der Waals surface area contributed by atoms with Gasteiger partial charge in [-0.25, -0.2) is 13.9 Å². The summed E-state index contributed by atoms with van der Waals surface area (Å²) in [6, 6.07) is 6.31. The zero-order valence-corrected chi connectivity index (χ0v) is 12.0. The third kappa shape index (κ3) is 3.24. The molecule has 2 aromatic rings. The molecule has 0 radical (unpaired) electrons. The van der Waals surface area contributed by atoms with Gasteiger partial charge in [-0.05, 0) is 37.1 Å². The van der Waals surface area contributed by atoms with Crippen molar-refractivity contribution in [2.24, 2.45) is 0 Å². The van der Waals surface area contributed by atoms with Gasteiger partial charge in [-0.15, -0.1) is 16.9 Å². The number of carboxylic acids is 1. The molecular weight excluding hydrogens is 293 g/mol. The molecule has 0 bridgehead atoms.